The fourth-order valence-corrected chi connectivity index (χ4v) is 5.76. The Balaban J connectivity index is 1.10. The Labute approximate surface area is 188 Å². The number of amides is 1. The highest BCUT2D eigenvalue weighted by Crippen LogP contribution is 2.51. The van der Waals surface area contributed by atoms with Crippen molar-refractivity contribution in [1.29, 1.82) is 0 Å². The zero-order chi connectivity index (χ0) is 22.0. The highest BCUT2D eigenvalue weighted by Gasteiger charge is 2.52. The van der Waals surface area contributed by atoms with E-state index in [1.807, 2.05) is 10.8 Å². The van der Waals surface area contributed by atoms with E-state index in [4.69, 9.17) is 4.98 Å². The van der Waals surface area contributed by atoms with Crippen molar-refractivity contribution >= 4 is 17.4 Å². The molecule has 1 saturated heterocycles. The van der Waals surface area contributed by atoms with Gasteiger partial charge in [-0.15, -0.1) is 0 Å². The molecular weight excluding hydrogens is 400 g/mol. The van der Waals surface area contributed by atoms with E-state index in [1.54, 1.807) is 6.33 Å². The van der Waals surface area contributed by atoms with Gasteiger partial charge < -0.3 is 14.8 Å². The monoisotopic (exact) mass is 430 g/mol. The summed E-state index contributed by atoms with van der Waals surface area (Å²) in [7, 11) is 0. The minimum absolute atomic E-state index is 0.0127. The molecule has 6 rings (SSSR count). The van der Waals surface area contributed by atoms with E-state index in [1.165, 1.54) is 11.1 Å². The van der Waals surface area contributed by atoms with Gasteiger partial charge in [-0.05, 0) is 67.2 Å². The first-order valence-corrected chi connectivity index (χ1v) is 11.8. The van der Waals surface area contributed by atoms with Gasteiger partial charge in [0.1, 0.15) is 11.5 Å². The molecular formula is C25H30N6O. The van der Waals surface area contributed by atoms with E-state index in [9.17, 15) is 4.79 Å². The zero-order valence-corrected chi connectivity index (χ0v) is 19.0. The van der Waals surface area contributed by atoms with Crippen molar-refractivity contribution in [3.05, 3.63) is 52.8 Å². The molecule has 0 aromatic carbocycles. The summed E-state index contributed by atoms with van der Waals surface area (Å²) in [6.07, 6.45) is 5.48. The van der Waals surface area contributed by atoms with Gasteiger partial charge in [0.2, 0.25) is 0 Å². The first kappa shape index (κ1) is 19.7. The molecule has 7 nitrogen and oxygen atoms in total. The first-order chi connectivity index (χ1) is 15.5. The summed E-state index contributed by atoms with van der Waals surface area (Å²) in [5.74, 6) is 3.58. The summed E-state index contributed by atoms with van der Waals surface area (Å²) in [5.41, 5.74) is 6.39. The van der Waals surface area contributed by atoms with E-state index in [-0.39, 0.29) is 11.9 Å². The molecule has 4 aliphatic rings. The maximum Gasteiger partial charge on any atom is 0.272 e. The van der Waals surface area contributed by atoms with E-state index < -0.39 is 0 Å². The maximum absolute atomic E-state index is 12.8. The van der Waals surface area contributed by atoms with Gasteiger partial charge in [-0.3, -0.25) is 9.79 Å². The molecule has 166 valence electrons. The molecule has 4 heterocycles. The number of imidazole rings is 1. The van der Waals surface area contributed by atoms with Gasteiger partial charge in [-0.2, -0.15) is 0 Å². The van der Waals surface area contributed by atoms with Crippen molar-refractivity contribution in [3.8, 4) is 0 Å². The third-order valence-corrected chi connectivity index (χ3v) is 7.97. The largest absolute Gasteiger partial charge is 0.356 e. The highest BCUT2D eigenvalue weighted by molar-refractivity contribution is 6.10. The normalized spacial score (nSPS) is 28.1. The number of aromatic nitrogens is 3. The number of nitrogens with one attached hydrogen (secondary N) is 1. The van der Waals surface area contributed by atoms with Crippen molar-refractivity contribution in [2.24, 2.45) is 22.7 Å². The molecule has 0 spiro atoms. The Morgan fingerprint density at radius 1 is 1.22 bits per heavy atom. The van der Waals surface area contributed by atoms with Gasteiger partial charge in [0.25, 0.3) is 5.91 Å². The van der Waals surface area contributed by atoms with Crippen molar-refractivity contribution in [1.82, 2.24) is 19.9 Å². The number of aryl methyl sites for hydroxylation is 1. The average molecular weight is 431 g/mol. The lowest BCUT2D eigenvalue weighted by Crippen LogP contribution is -2.37. The van der Waals surface area contributed by atoms with Crippen LogP contribution >= 0.6 is 0 Å². The van der Waals surface area contributed by atoms with Gasteiger partial charge in [0, 0.05) is 25.0 Å². The lowest BCUT2D eigenvalue weighted by molar-refractivity contribution is 0.0942. The van der Waals surface area contributed by atoms with E-state index in [2.05, 4.69) is 53.1 Å². The van der Waals surface area contributed by atoms with Crippen LogP contribution in [-0.2, 0) is 6.54 Å². The minimum Gasteiger partial charge on any atom is -0.356 e. The third-order valence-electron chi connectivity index (χ3n) is 7.97. The summed E-state index contributed by atoms with van der Waals surface area (Å²) < 4.78 is 1.96. The first-order valence-electron chi connectivity index (χ1n) is 11.8. The van der Waals surface area contributed by atoms with E-state index >= 15 is 0 Å². The zero-order valence-electron chi connectivity index (χ0n) is 19.0. The second kappa shape index (κ2) is 7.29. The van der Waals surface area contributed by atoms with Crippen LogP contribution in [0.4, 0.5) is 5.82 Å². The Bertz CT molecular complexity index is 1150. The Morgan fingerprint density at radius 3 is 2.81 bits per heavy atom. The van der Waals surface area contributed by atoms with Gasteiger partial charge in [-0.1, -0.05) is 13.0 Å². The third kappa shape index (κ3) is 3.26. The number of nitrogens with zero attached hydrogens (tertiary/aromatic N) is 5. The van der Waals surface area contributed by atoms with Crippen LogP contribution in [0.5, 0.6) is 0 Å². The summed E-state index contributed by atoms with van der Waals surface area (Å²) in [5, 5.41) is 3.13. The number of aliphatic imine (C=N–C) groups is 1. The summed E-state index contributed by atoms with van der Waals surface area (Å²) in [6.45, 7) is 10.3. The number of hydrogen-bond donors (Lipinski definition) is 1. The molecule has 2 aromatic heterocycles. The fourth-order valence-electron chi connectivity index (χ4n) is 5.76. The molecule has 2 aliphatic carbocycles. The van der Waals surface area contributed by atoms with Crippen LogP contribution in [0.3, 0.4) is 0 Å². The second-order valence-electron chi connectivity index (χ2n) is 9.96. The van der Waals surface area contributed by atoms with E-state index in [0.29, 0.717) is 12.2 Å². The molecule has 2 aliphatic heterocycles. The SMILES string of the molecule is CC1=C2CC[C@@H](NC(=O)c3cn(Cc4ccc(N5C[C@@H]6C(C)[C@@H]6C5)nc4C)cn3)C2=NC1. The van der Waals surface area contributed by atoms with Crippen LogP contribution in [0.25, 0.3) is 0 Å². The van der Waals surface area contributed by atoms with Gasteiger partial charge in [-0.25, -0.2) is 9.97 Å². The van der Waals surface area contributed by atoms with Crippen LogP contribution in [0.2, 0.25) is 0 Å². The van der Waals surface area contributed by atoms with Crippen molar-refractivity contribution < 1.29 is 4.79 Å². The fraction of sp³-hybridized carbons (Fsp3) is 0.520. The lowest BCUT2D eigenvalue weighted by atomic mass is 10.1. The predicted molar refractivity (Wildman–Crippen MR) is 124 cm³/mol. The van der Waals surface area contributed by atoms with Crippen LogP contribution in [-0.4, -0.2) is 51.8 Å². The Kier molecular flexibility index (Phi) is 4.49. The number of anilines is 1. The standard InChI is InChI=1S/C25H30N6O/c1-14-8-26-24-18(14)5-6-21(24)29-25(32)22-12-30(13-27-22)9-17-4-7-23(28-16(17)3)31-10-19-15(2)20(19)11-31/h4,7,12-13,15,19-21H,5-6,8-11H2,1-3H3,(H,29,32)/t15?,19-,20+,21-/m1/s1. The summed E-state index contributed by atoms with van der Waals surface area (Å²) >= 11 is 0. The lowest BCUT2D eigenvalue weighted by Gasteiger charge is -2.21. The topological polar surface area (TPSA) is 75.4 Å². The predicted octanol–water partition coefficient (Wildman–Crippen LogP) is 3.00. The van der Waals surface area contributed by atoms with Gasteiger partial charge in [0.05, 0.1) is 31.2 Å². The van der Waals surface area contributed by atoms with Crippen LogP contribution in [0, 0.1) is 24.7 Å². The molecule has 32 heavy (non-hydrogen) atoms. The van der Waals surface area contributed by atoms with Crippen molar-refractivity contribution in [2.45, 2.75) is 46.2 Å². The number of rotatable bonds is 5. The average Bonchev–Trinajstić information content (AvgIpc) is 3.36. The maximum atomic E-state index is 12.8. The molecule has 2 saturated carbocycles. The number of fused-ring (bicyclic) bond motifs is 2. The quantitative estimate of drug-likeness (QED) is 0.791. The van der Waals surface area contributed by atoms with Gasteiger partial charge in [0.15, 0.2) is 0 Å². The second-order valence-corrected chi connectivity index (χ2v) is 9.96. The molecule has 1 amide bonds. The Hall–Kier alpha value is -2.96. The molecule has 0 bridgehead atoms. The number of hydrogen-bond acceptors (Lipinski definition) is 5. The number of carbonyl (C=O) groups is 1. The molecule has 0 radical (unpaired) electrons. The summed E-state index contributed by atoms with van der Waals surface area (Å²) in [6, 6.07) is 4.31. The summed E-state index contributed by atoms with van der Waals surface area (Å²) in [4.78, 5) is 29.0. The molecule has 1 N–H and O–H groups in total. The minimum atomic E-state index is -0.130. The van der Waals surface area contributed by atoms with Gasteiger partial charge >= 0.3 is 0 Å². The number of pyridine rings is 1. The smallest absolute Gasteiger partial charge is 0.272 e. The van der Waals surface area contributed by atoms with Crippen molar-refractivity contribution in [3.63, 3.8) is 0 Å². The molecule has 3 fully saturated rings. The molecule has 4 atom stereocenters. The van der Waals surface area contributed by atoms with Crippen LogP contribution in [0.1, 0.15) is 48.4 Å². The van der Waals surface area contributed by atoms with E-state index in [0.717, 1.165) is 73.0 Å². The molecule has 1 unspecified atom stereocenters. The molecule has 7 heteroatoms. The number of carbonyl (C=O) groups excluding carboxylic acids is 1. The van der Waals surface area contributed by atoms with Crippen molar-refractivity contribution in [2.75, 3.05) is 24.5 Å². The van der Waals surface area contributed by atoms with Crippen LogP contribution < -0.4 is 10.2 Å². The Morgan fingerprint density at radius 2 is 2.03 bits per heavy atom. The molecule has 2 aromatic rings. The highest BCUT2D eigenvalue weighted by atomic mass is 16.2. The van der Waals surface area contributed by atoms with Crippen LogP contribution in [0.15, 0.2) is 40.8 Å². The number of piperidine rings is 1.